The van der Waals surface area contributed by atoms with Gasteiger partial charge in [-0.3, -0.25) is 4.79 Å². The van der Waals surface area contributed by atoms with Crippen LogP contribution in [0.4, 0.5) is 4.79 Å². The van der Waals surface area contributed by atoms with E-state index in [1.807, 2.05) is 24.1 Å². The lowest BCUT2D eigenvalue weighted by Gasteiger charge is -2.24. The summed E-state index contributed by atoms with van der Waals surface area (Å²) in [6.45, 7) is 1.96. The zero-order valence-electron chi connectivity index (χ0n) is 13.7. The Morgan fingerprint density at radius 3 is 2.62 bits per heavy atom. The van der Waals surface area contributed by atoms with Crippen molar-refractivity contribution in [3.8, 4) is 0 Å². The molecule has 0 bridgehead atoms. The molecule has 6 nitrogen and oxygen atoms in total. The SMILES string of the molecule is CNCC1CCCN1C(=O)CNC(=O)NCc1ccc(Cl)cc1.Cl. The van der Waals surface area contributed by atoms with Crippen molar-refractivity contribution in [3.05, 3.63) is 34.9 Å². The van der Waals surface area contributed by atoms with Crippen LogP contribution in [0.15, 0.2) is 24.3 Å². The van der Waals surface area contributed by atoms with Gasteiger partial charge in [0.2, 0.25) is 5.91 Å². The summed E-state index contributed by atoms with van der Waals surface area (Å²) in [6.07, 6.45) is 2.02. The molecule has 1 aliphatic heterocycles. The summed E-state index contributed by atoms with van der Waals surface area (Å²) >= 11 is 5.81. The molecule has 1 aromatic carbocycles. The molecule has 134 valence electrons. The highest BCUT2D eigenvalue weighted by Crippen LogP contribution is 2.16. The number of benzene rings is 1. The molecular formula is C16H24Cl2N4O2. The highest BCUT2D eigenvalue weighted by molar-refractivity contribution is 6.30. The van der Waals surface area contributed by atoms with Crippen LogP contribution >= 0.6 is 24.0 Å². The maximum Gasteiger partial charge on any atom is 0.315 e. The molecule has 24 heavy (non-hydrogen) atoms. The number of nitrogens with zero attached hydrogens (tertiary/aromatic N) is 1. The van der Waals surface area contributed by atoms with Crippen molar-refractivity contribution in [2.75, 3.05) is 26.7 Å². The van der Waals surface area contributed by atoms with E-state index >= 15 is 0 Å². The summed E-state index contributed by atoms with van der Waals surface area (Å²) in [5.41, 5.74) is 0.949. The normalized spacial score (nSPS) is 16.4. The lowest BCUT2D eigenvalue weighted by Crippen LogP contribution is -2.47. The van der Waals surface area contributed by atoms with Crippen molar-refractivity contribution >= 4 is 35.9 Å². The van der Waals surface area contributed by atoms with Crippen molar-refractivity contribution in [1.29, 1.82) is 0 Å². The summed E-state index contributed by atoms with van der Waals surface area (Å²) in [7, 11) is 1.88. The molecule has 1 unspecified atom stereocenters. The van der Waals surface area contributed by atoms with Crippen molar-refractivity contribution in [2.24, 2.45) is 0 Å². The number of carbonyl (C=O) groups excluding carboxylic acids is 2. The average Bonchev–Trinajstić information content (AvgIpc) is 3.01. The fourth-order valence-electron chi connectivity index (χ4n) is 2.72. The number of amides is 3. The second-order valence-corrected chi connectivity index (χ2v) is 6.04. The molecule has 3 N–H and O–H groups in total. The molecule has 1 fully saturated rings. The van der Waals surface area contributed by atoms with Gasteiger partial charge in [-0.25, -0.2) is 4.79 Å². The third kappa shape index (κ3) is 6.19. The van der Waals surface area contributed by atoms with Gasteiger partial charge >= 0.3 is 6.03 Å². The Kier molecular flexibility index (Phi) is 8.89. The monoisotopic (exact) mass is 374 g/mol. The zero-order chi connectivity index (χ0) is 16.7. The Balaban J connectivity index is 0.00000288. The summed E-state index contributed by atoms with van der Waals surface area (Å²) in [4.78, 5) is 25.8. The predicted molar refractivity (Wildman–Crippen MR) is 97.6 cm³/mol. The minimum Gasteiger partial charge on any atom is -0.337 e. The number of urea groups is 1. The summed E-state index contributed by atoms with van der Waals surface area (Å²) in [5, 5.41) is 9.10. The molecule has 2 rings (SSSR count). The van der Waals surface area contributed by atoms with Gasteiger partial charge in [0.25, 0.3) is 0 Å². The van der Waals surface area contributed by atoms with Crippen LogP contribution in [-0.4, -0.2) is 49.6 Å². The van der Waals surface area contributed by atoms with Crippen molar-refractivity contribution in [1.82, 2.24) is 20.9 Å². The van der Waals surface area contributed by atoms with Crippen LogP contribution in [0.1, 0.15) is 18.4 Å². The quantitative estimate of drug-likeness (QED) is 0.710. The van der Waals surface area contributed by atoms with Crippen LogP contribution in [-0.2, 0) is 11.3 Å². The average molecular weight is 375 g/mol. The Morgan fingerprint density at radius 2 is 1.96 bits per heavy atom. The first-order valence-corrected chi connectivity index (χ1v) is 8.18. The maximum atomic E-state index is 12.2. The molecule has 1 heterocycles. The Hall–Kier alpha value is -1.50. The molecule has 1 aliphatic rings. The molecule has 1 saturated heterocycles. The van der Waals surface area contributed by atoms with Gasteiger partial charge in [0, 0.05) is 30.7 Å². The van der Waals surface area contributed by atoms with E-state index in [9.17, 15) is 9.59 Å². The molecular weight excluding hydrogens is 351 g/mol. The largest absolute Gasteiger partial charge is 0.337 e. The molecule has 1 aromatic rings. The Morgan fingerprint density at radius 1 is 1.25 bits per heavy atom. The number of carbonyl (C=O) groups is 2. The summed E-state index contributed by atoms with van der Waals surface area (Å²) in [5.74, 6) is -0.0376. The fraction of sp³-hybridized carbons (Fsp3) is 0.500. The molecule has 0 aliphatic carbocycles. The van der Waals surface area contributed by atoms with Crippen molar-refractivity contribution < 1.29 is 9.59 Å². The number of rotatable bonds is 6. The van der Waals surface area contributed by atoms with Gasteiger partial charge in [0.15, 0.2) is 0 Å². The number of likely N-dealkylation sites (tertiary alicyclic amines) is 1. The van der Waals surface area contributed by atoms with Gasteiger partial charge < -0.3 is 20.9 Å². The first-order valence-electron chi connectivity index (χ1n) is 7.80. The second kappa shape index (κ2) is 10.4. The molecule has 1 atom stereocenters. The van der Waals surface area contributed by atoms with E-state index in [2.05, 4.69) is 16.0 Å². The van der Waals surface area contributed by atoms with Crippen LogP contribution < -0.4 is 16.0 Å². The first-order chi connectivity index (χ1) is 11.1. The molecule has 0 spiro atoms. The van der Waals surface area contributed by atoms with Crippen molar-refractivity contribution in [3.63, 3.8) is 0 Å². The highest BCUT2D eigenvalue weighted by Gasteiger charge is 2.27. The third-order valence-corrected chi connectivity index (χ3v) is 4.16. The predicted octanol–water partition coefficient (Wildman–Crippen LogP) is 1.77. The lowest BCUT2D eigenvalue weighted by atomic mass is 10.2. The van der Waals surface area contributed by atoms with E-state index in [4.69, 9.17) is 11.6 Å². The minimum atomic E-state index is -0.349. The van der Waals surface area contributed by atoms with Crippen LogP contribution in [0.5, 0.6) is 0 Å². The van der Waals surface area contributed by atoms with Gasteiger partial charge in [-0.1, -0.05) is 23.7 Å². The highest BCUT2D eigenvalue weighted by atomic mass is 35.5. The van der Waals surface area contributed by atoms with Crippen LogP contribution in [0.25, 0.3) is 0 Å². The second-order valence-electron chi connectivity index (χ2n) is 5.60. The topological polar surface area (TPSA) is 73.5 Å². The maximum absolute atomic E-state index is 12.2. The molecule has 0 radical (unpaired) electrons. The number of nitrogens with one attached hydrogen (secondary N) is 3. The zero-order valence-corrected chi connectivity index (χ0v) is 15.3. The molecule has 0 aromatic heterocycles. The first kappa shape index (κ1) is 20.5. The number of hydrogen-bond donors (Lipinski definition) is 3. The van der Waals surface area contributed by atoms with Gasteiger partial charge in [-0.15, -0.1) is 12.4 Å². The molecule has 0 saturated carbocycles. The van der Waals surface area contributed by atoms with E-state index in [1.165, 1.54) is 0 Å². The van der Waals surface area contributed by atoms with Gasteiger partial charge in [-0.05, 0) is 37.6 Å². The lowest BCUT2D eigenvalue weighted by molar-refractivity contribution is -0.130. The number of hydrogen-bond acceptors (Lipinski definition) is 3. The number of likely N-dealkylation sites (N-methyl/N-ethyl adjacent to an activating group) is 1. The Labute approximate surface area is 153 Å². The fourth-order valence-corrected chi connectivity index (χ4v) is 2.84. The van der Waals surface area contributed by atoms with Gasteiger partial charge in [0.05, 0.1) is 6.54 Å². The van der Waals surface area contributed by atoms with Crippen LogP contribution in [0, 0.1) is 0 Å². The minimum absolute atomic E-state index is 0. The van der Waals surface area contributed by atoms with Crippen LogP contribution in [0.3, 0.4) is 0 Å². The van der Waals surface area contributed by atoms with Gasteiger partial charge in [-0.2, -0.15) is 0 Å². The standard InChI is InChI=1S/C16H23ClN4O2.ClH/c1-18-10-14-3-2-8-21(14)15(22)11-20-16(23)19-9-12-4-6-13(17)7-5-12;/h4-7,14,18H,2-3,8-11H2,1H3,(H2,19,20,23);1H. The number of halogens is 2. The van der Waals surface area contributed by atoms with Crippen molar-refractivity contribution in [2.45, 2.75) is 25.4 Å². The van der Waals surface area contributed by atoms with Crippen LogP contribution in [0.2, 0.25) is 5.02 Å². The van der Waals surface area contributed by atoms with Gasteiger partial charge in [0.1, 0.15) is 0 Å². The smallest absolute Gasteiger partial charge is 0.315 e. The van der Waals surface area contributed by atoms with E-state index < -0.39 is 0 Å². The Bertz CT molecular complexity index is 539. The third-order valence-electron chi connectivity index (χ3n) is 3.90. The van der Waals surface area contributed by atoms with E-state index in [0.717, 1.165) is 31.5 Å². The molecule has 3 amide bonds. The molecule has 8 heteroatoms. The summed E-state index contributed by atoms with van der Waals surface area (Å²) in [6, 6.07) is 7.12. The van der Waals surface area contributed by atoms with E-state index in [1.54, 1.807) is 12.1 Å². The van der Waals surface area contributed by atoms with E-state index in [0.29, 0.717) is 11.6 Å². The van der Waals surface area contributed by atoms with E-state index in [-0.39, 0.29) is 36.9 Å². The summed E-state index contributed by atoms with van der Waals surface area (Å²) < 4.78 is 0.